The van der Waals surface area contributed by atoms with E-state index in [0.717, 1.165) is 24.8 Å². The summed E-state index contributed by atoms with van der Waals surface area (Å²) >= 11 is 0. The molecular weight excluding hydrogens is 328 g/mol. The lowest BCUT2D eigenvalue weighted by Gasteiger charge is -2.34. The van der Waals surface area contributed by atoms with Crippen molar-refractivity contribution in [3.63, 3.8) is 0 Å². The summed E-state index contributed by atoms with van der Waals surface area (Å²) in [6.45, 7) is 10.8. The Morgan fingerprint density at radius 1 is 1.19 bits per heavy atom. The van der Waals surface area contributed by atoms with E-state index in [9.17, 15) is 15.0 Å². The molecule has 2 atom stereocenters. The average molecular weight is 365 g/mol. The molecule has 4 nitrogen and oxygen atoms in total. The third-order valence-corrected chi connectivity index (χ3v) is 5.09. The normalized spacial score (nSPS) is 32.9. The minimum absolute atomic E-state index is 0.380. The molecule has 148 valence electrons. The Balaban J connectivity index is 3.18. The highest BCUT2D eigenvalue weighted by Gasteiger charge is 2.35. The molecule has 2 N–H and O–H groups in total. The zero-order chi connectivity index (χ0) is 20.0. The monoisotopic (exact) mass is 364 g/mol. The standard InChI is InChI=1S/C22H36O4/c1-16-8-7-9-17(2)11-13-20(26-18(3)23)22(6,25)15-14-19(12-10-16)21(4,5)24/h9-10,12,20,24-25H,7-8,11,13-15H2,1-6H3/b16-10+,17-9+,19-12+/t20-,22+/m1/s1. The first-order valence-electron chi connectivity index (χ1n) is 9.56. The van der Waals surface area contributed by atoms with E-state index >= 15 is 0 Å². The van der Waals surface area contributed by atoms with Crippen molar-refractivity contribution in [2.75, 3.05) is 0 Å². The van der Waals surface area contributed by atoms with Crippen LogP contribution in [0, 0.1) is 0 Å². The molecule has 1 aliphatic rings. The third-order valence-electron chi connectivity index (χ3n) is 5.09. The lowest BCUT2D eigenvalue weighted by molar-refractivity contribution is -0.162. The van der Waals surface area contributed by atoms with Crippen LogP contribution in [0.2, 0.25) is 0 Å². The molecule has 1 aliphatic carbocycles. The molecule has 0 aromatic rings. The molecule has 0 radical (unpaired) electrons. The van der Waals surface area contributed by atoms with Gasteiger partial charge in [-0.15, -0.1) is 0 Å². The number of aliphatic hydroxyl groups is 2. The van der Waals surface area contributed by atoms with Crippen LogP contribution in [0.4, 0.5) is 0 Å². The van der Waals surface area contributed by atoms with Crippen molar-refractivity contribution in [2.45, 2.75) is 97.4 Å². The Morgan fingerprint density at radius 2 is 1.85 bits per heavy atom. The summed E-state index contributed by atoms with van der Waals surface area (Å²) in [7, 11) is 0. The number of hydrogen-bond donors (Lipinski definition) is 2. The van der Waals surface area contributed by atoms with Gasteiger partial charge in [-0.25, -0.2) is 0 Å². The highest BCUT2D eigenvalue weighted by molar-refractivity contribution is 5.66. The minimum Gasteiger partial charge on any atom is -0.459 e. The largest absolute Gasteiger partial charge is 0.459 e. The van der Waals surface area contributed by atoms with Crippen LogP contribution in [0.25, 0.3) is 0 Å². The Morgan fingerprint density at radius 3 is 2.42 bits per heavy atom. The van der Waals surface area contributed by atoms with Crippen molar-refractivity contribution >= 4 is 5.97 Å². The molecular formula is C22H36O4. The summed E-state index contributed by atoms with van der Waals surface area (Å²) < 4.78 is 5.44. The summed E-state index contributed by atoms with van der Waals surface area (Å²) in [4.78, 5) is 11.5. The van der Waals surface area contributed by atoms with Gasteiger partial charge in [0.05, 0.1) is 11.2 Å². The number of ether oxygens (including phenoxy) is 1. The van der Waals surface area contributed by atoms with Gasteiger partial charge in [0, 0.05) is 6.92 Å². The van der Waals surface area contributed by atoms with E-state index in [2.05, 4.69) is 26.0 Å². The molecule has 4 heteroatoms. The van der Waals surface area contributed by atoms with Gasteiger partial charge in [-0.2, -0.15) is 0 Å². The molecule has 0 saturated carbocycles. The maximum Gasteiger partial charge on any atom is 0.303 e. The van der Waals surface area contributed by atoms with E-state index in [-0.39, 0.29) is 5.97 Å². The van der Waals surface area contributed by atoms with E-state index in [0.29, 0.717) is 19.3 Å². The van der Waals surface area contributed by atoms with Gasteiger partial charge in [0.1, 0.15) is 6.10 Å². The van der Waals surface area contributed by atoms with E-state index in [1.165, 1.54) is 18.1 Å². The number of esters is 1. The second kappa shape index (κ2) is 9.52. The Bertz CT molecular complexity index is 573. The smallest absolute Gasteiger partial charge is 0.303 e. The number of allylic oxidation sites excluding steroid dienone is 5. The fourth-order valence-electron chi connectivity index (χ4n) is 3.17. The van der Waals surface area contributed by atoms with Gasteiger partial charge in [0.2, 0.25) is 0 Å². The van der Waals surface area contributed by atoms with Gasteiger partial charge in [-0.1, -0.05) is 29.4 Å². The van der Waals surface area contributed by atoms with Gasteiger partial charge >= 0.3 is 5.97 Å². The summed E-state index contributed by atoms with van der Waals surface area (Å²) in [5.41, 5.74) is 1.26. The summed E-state index contributed by atoms with van der Waals surface area (Å²) in [6, 6.07) is 0. The molecule has 1 rings (SSSR count). The van der Waals surface area contributed by atoms with Crippen molar-refractivity contribution in [2.24, 2.45) is 0 Å². The quantitative estimate of drug-likeness (QED) is 0.554. The SMILES string of the molecule is CC(=O)O[C@@H]1CC/C(C)=C/CC/C(C)=C/C=C(/C(C)(C)O)CC[C@]1(C)O. The van der Waals surface area contributed by atoms with Crippen LogP contribution in [0.5, 0.6) is 0 Å². The van der Waals surface area contributed by atoms with Crippen molar-refractivity contribution in [1.29, 1.82) is 0 Å². The van der Waals surface area contributed by atoms with Crippen molar-refractivity contribution in [3.8, 4) is 0 Å². The fourth-order valence-corrected chi connectivity index (χ4v) is 3.17. The first-order valence-corrected chi connectivity index (χ1v) is 9.56. The fraction of sp³-hybridized carbons (Fsp3) is 0.682. The van der Waals surface area contributed by atoms with Crippen LogP contribution >= 0.6 is 0 Å². The van der Waals surface area contributed by atoms with Crippen LogP contribution in [-0.4, -0.2) is 33.5 Å². The highest BCUT2D eigenvalue weighted by Crippen LogP contribution is 2.30. The third kappa shape index (κ3) is 7.88. The van der Waals surface area contributed by atoms with E-state index < -0.39 is 17.3 Å². The Kier molecular flexibility index (Phi) is 8.29. The van der Waals surface area contributed by atoms with Crippen LogP contribution in [0.15, 0.2) is 34.9 Å². The number of rotatable bonds is 2. The second-order valence-electron chi connectivity index (χ2n) is 8.35. The van der Waals surface area contributed by atoms with Crippen LogP contribution in [-0.2, 0) is 9.53 Å². The predicted molar refractivity (Wildman–Crippen MR) is 106 cm³/mol. The number of carbonyl (C=O) groups excluding carboxylic acids is 1. The van der Waals surface area contributed by atoms with Gasteiger partial charge in [0.25, 0.3) is 0 Å². The van der Waals surface area contributed by atoms with Gasteiger partial charge in [-0.3, -0.25) is 4.79 Å². The van der Waals surface area contributed by atoms with Crippen molar-refractivity contribution in [1.82, 2.24) is 0 Å². The lowest BCUT2D eigenvalue weighted by Crippen LogP contribution is -2.42. The molecule has 0 saturated heterocycles. The summed E-state index contributed by atoms with van der Waals surface area (Å²) in [6.07, 6.45) is 9.91. The first-order chi connectivity index (χ1) is 11.9. The maximum absolute atomic E-state index is 11.5. The van der Waals surface area contributed by atoms with Crippen LogP contribution in [0.3, 0.4) is 0 Å². The molecule has 0 unspecified atom stereocenters. The summed E-state index contributed by atoms with van der Waals surface area (Å²) in [5, 5.41) is 21.5. The Labute approximate surface area is 158 Å². The lowest BCUT2D eigenvalue weighted by atomic mass is 9.84. The number of carbonyl (C=O) groups is 1. The van der Waals surface area contributed by atoms with E-state index in [4.69, 9.17) is 4.74 Å². The predicted octanol–water partition coefficient (Wildman–Crippen LogP) is 4.61. The summed E-state index contributed by atoms with van der Waals surface area (Å²) in [5.74, 6) is -0.380. The van der Waals surface area contributed by atoms with Crippen LogP contribution < -0.4 is 0 Å². The molecule has 0 heterocycles. The second-order valence-corrected chi connectivity index (χ2v) is 8.35. The topological polar surface area (TPSA) is 66.8 Å². The zero-order valence-corrected chi connectivity index (χ0v) is 17.3. The molecule has 0 amide bonds. The molecule has 0 bridgehead atoms. The van der Waals surface area contributed by atoms with Gasteiger partial charge in [0.15, 0.2) is 0 Å². The zero-order valence-electron chi connectivity index (χ0n) is 17.3. The van der Waals surface area contributed by atoms with Gasteiger partial charge < -0.3 is 14.9 Å². The molecule has 0 aliphatic heterocycles. The van der Waals surface area contributed by atoms with Crippen molar-refractivity contribution < 1.29 is 19.7 Å². The number of hydrogen-bond acceptors (Lipinski definition) is 4. The molecule has 0 aromatic heterocycles. The highest BCUT2D eigenvalue weighted by atomic mass is 16.6. The molecule has 26 heavy (non-hydrogen) atoms. The van der Waals surface area contributed by atoms with E-state index in [1.54, 1.807) is 20.8 Å². The molecule has 0 spiro atoms. The minimum atomic E-state index is -1.15. The average Bonchev–Trinajstić information content (AvgIpc) is 2.48. The maximum atomic E-state index is 11.5. The van der Waals surface area contributed by atoms with Gasteiger partial charge in [-0.05, 0) is 78.7 Å². The van der Waals surface area contributed by atoms with Crippen molar-refractivity contribution in [3.05, 3.63) is 34.9 Å². The molecule has 0 fully saturated rings. The van der Waals surface area contributed by atoms with E-state index in [1.807, 2.05) is 6.08 Å². The van der Waals surface area contributed by atoms with Crippen LogP contribution in [0.1, 0.15) is 80.1 Å². The molecule has 0 aromatic carbocycles. The Hall–Kier alpha value is -1.39. The first kappa shape index (κ1) is 22.7.